The molecule has 2 aromatic rings. The van der Waals surface area contributed by atoms with Crippen LogP contribution in [0.3, 0.4) is 0 Å². The van der Waals surface area contributed by atoms with E-state index in [0.29, 0.717) is 18.0 Å². The second-order valence-corrected chi connectivity index (χ2v) is 7.58. The Kier molecular flexibility index (Phi) is 5.25. The van der Waals surface area contributed by atoms with Crippen LogP contribution in [0.5, 0.6) is 11.5 Å². The molecule has 6 nitrogen and oxygen atoms in total. The zero-order valence-electron chi connectivity index (χ0n) is 16.6. The van der Waals surface area contributed by atoms with Crippen molar-refractivity contribution in [3.63, 3.8) is 0 Å². The van der Waals surface area contributed by atoms with Crippen molar-refractivity contribution in [2.75, 3.05) is 18.7 Å². The third-order valence-corrected chi connectivity index (χ3v) is 5.12. The van der Waals surface area contributed by atoms with Gasteiger partial charge in [0.2, 0.25) is 18.6 Å². The minimum atomic E-state index is -0.214. The smallest absolute Gasteiger partial charge is 0.248 e. The predicted octanol–water partition coefficient (Wildman–Crippen LogP) is 3.61. The normalized spacial score (nSPS) is 14.9. The molecule has 4 rings (SSSR count). The molecular formula is C23H24N2O4. The third-order valence-electron chi connectivity index (χ3n) is 5.12. The van der Waals surface area contributed by atoms with Crippen molar-refractivity contribution in [1.29, 1.82) is 0 Å². The average Bonchev–Trinajstić information content (AvgIpc) is 3.19. The van der Waals surface area contributed by atoms with Gasteiger partial charge in [0, 0.05) is 30.8 Å². The van der Waals surface area contributed by atoms with Gasteiger partial charge in [0.15, 0.2) is 11.5 Å². The summed E-state index contributed by atoms with van der Waals surface area (Å²) in [5.74, 6) is 1.33. The van der Waals surface area contributed by atoms with Gasteiger partial charge >= 0.3 is 0 Å². The highest BCUT2D eigenvalue weighted by atomic mass is 16.7. The molecule has 0 atom stereocenters. The first-order valence-electron chi connectivity index (χ1n) is 9.79. The number of fused-ring (bicyclic) bond motifs is 2. The Morgan fingerprint density at radius 3 is 2.72 bits per heavy atom. The second kappa shape index (κ2) is 7.99. The molecule has 0 bridgehead atoms. The van der Waals surface area contributed by atoms with Gasteiger partial charge in [0.25, 0.3) is 0 Å². The van der Waals surface area contributed by atoms with Crippen LogP contribution in [-0.2, 0) is 22.6 Å². The number of rotatable bonds is 4. The largest absolute Gasteiger partial charge is 0.454 e. The van der Waals surface area contributed by atoms with E-state index < -0.39 is 0 Å². The maximum Gasteiger partial charge on any atom is 0.248 e. The number of hydrogen-bond acceptors (Lipinski definition) is 4. The van der Waals surface area contributed by atoms with Crippen LogP contribution in [0.4, 0.5) is 5.69 Å². The van der Waals surface area contributed by atoms with E-state index in [4.69, 9.17) is 9.47 Å². The molecule has 0 aromatic heterocycles. The monoisotopic (exact) mass is 392 g/mol. The molecule has 150 valence electrons. The summed E-state index contributed by atoms with van der Waals surface area (Å²) in [4.78, 5) is 26.5. The SMILES string of the molecule is CC(C)C(=O)N1CCc2ccc(NC(=O)/C=C/c3ccc4c(c3)OCO4)cc2C1. The summed E-state index contributed by atoms with van der Waals surface area (Å²) in [6.07, 6.45) is 4.07. The minimum absolute atomic E-state index is 0.0132. The molecule has 2 aromatic carbocycles. The standard InChI is InChI=1S/C23H24N2O4/c1-15(2)23(27)25-10-9-17-5-6-19(12-18(17)13-25)24-22(26)8-4-16-3-7-20-21(11-16)29-14-28-20/h3-8,11-12,15H,9-10,13-14H2,1-2H3,(H,24,26)/b8-4+. The van der Waals surface area contributed by atoms with Gasteiger partial charge in [-0.25, -0.2) is 0 Å². The van der Waals surface area contributed by atoms with Crippen molar-refractivity contribution >= 4 is 23.6 Å². The first kappa shape index (κ1) is 19.1. The van der Waals surface area contributed by atoms with Gasteiger partial charge in [0.05, 0.1) is 0 Å². The highest BCUT2D eigenvalue weighted by molar-refractivity contribution is 6.02. The molecule has 2 aliphatic heterocycles. The van der Waals surface area contributed by atoms with Gasteiger partial charge in [-0.1, -0.05) is 26.0 Å². The lowest BCUT2D eigenvalue weighted by molar-refractivity contribution is -0.135. The Balaban J connectivity index is 1.41. The summed E-state index contributed by atoms with van der Waals surface area (Å²) in [5.41, 5.74) is 3.90. The first-order valence-corrected chi connectivity index (χ1v) is 9.79. The number of amides is 2. The van der Waals surface area contributed by atoms with E-state index in [1.807, 2.05) is 55.1 Å². The fourth-order valence-corrected chi connectivity index (χ4v) is 3.56. The molecule has 1 N–H and O–H groups in total. The number of anilines is 1. The fraction of sp³-hybridized carbons (Fsp3) is 0.304. The molecule has 2 aliphatic rings. The zero-order chi connectivity index (χ0) is 20.4. The van der Waals surface area contributed by atoms with Crippen LogP contribution in [-0.4, -0.2) is 30.1 Å². The Morgan fingerprint density at radius 1 is 1.07 bits per heavy atom. The van der Waals surface area contributed by atoms with Gasteiger partial charge in [0.1, 0.15) is 0 Å². The minimum Gasteiger partial charge on any atom is -0.454 e. The van der Waals surface area contributed by atoms with E-state index in [9.17, 15) is 9.59 Å². The van der Waals surface area contributed by atoms with Crippen LogP contribution >= 0.6 is 0 Å². The van der Waals surface area contributed by atoms with E-state index in [1.165, 1.54) is 11.6 Å². The quantitative estimate of drug-likeness (QED) is 0.807. The van der Waals surface area contributed by atoms with E-state index >= 15 is 0 Å². The van der Waals surface area contributed by atoms with Crippen molar-refractivity contribution < 1.29 is 19.1 Å². The van der Waals surface area contributed by atoms with Crippen LogP contribution in [0.25, 0.3) is 6.08 Å². The lowest BCUT2D eigenvalue weighted by atomic mass is 9.98. The maximum atomic E-state index is 12.3. The molecule has 2 amide bonds. The Labute approximate surface area is 170 Å². The highest BCUT2D eigenvalue weighted by Gasteiger charge is 2.22. The van der Waals surface area contributed by atoms with E-state index in [0.717, 1.165) is 29.8 Å². The number of ether oxygens (including phenoxy) is 2. The molecule has 0 radical (unpaired) electrons. The van der Waals surface area contributed by atoms with Crippen molar-refractivity contribution in [3.8, 4) is 11.5 Å². The Hall–Kier alpha value is -3.28. The number of carbonyl (C=O) groups excluding carboxylic acids is 2. The molecule has 0 saturated carbocycles. The number of carbonyl (C=O) groups is 2. The third kappa shape index (κ3) is 4.26. The van der Waals surface area contributed by atoms with Crippen LogP contribution in [0.1, 0.15) is 30.5 Å². The molecule has 29 heavy (non-hydrogen) atoms. The van der Waals surface area contributed by atoms with Gasteiger partial charge in [-0.2, -0.15) is 0 Å². The predicted molar refractivity (Wildman–Crippen MR) is 111 cm³/mol. The summed E-state index contributed by atoms with van der Waals surface area (Å²) in [5, 5.41) is 2.90. The summed E-state index contributed by atoms with van der Waals surface area (Å²) in [6.45, 7) is 5.39. The topological polar surface area (TPSA) is 67.9 Å². The van der Waals surface area contributed by atoms with E-state index in [-0.39, 0.29) is 24.5 Å². The van der Waals surface area contributed by atoms with Crippen molar-refractivity contribution in [2.45, 2.75) is 26.8 Å². The summed E-state index contributed by atoms with van der Waals surface area (Å²) >= 11 is 0. The molecule has 0 unspecified atom stereocenters. The fourth-order valence-electron chi connectivity index (χ4n) is 3.56. The highest BCUT2D eigenvalue weighted by Crippen LogP contribution is 2.32. The molecule has 0 fully saturated rings. The van der Waals surface area contributed by atoms with Crippen LogP contribution in [0.2, 0.25) is 0 Å². The van der Waals surface area contributed by atoms with Crippen LogP contribution in [0, 0.1) is 5.92 Å². The number of nitrogens with zero attached hydrogens (tertiary/aromatic N) is 1. The van der Waals surface area contributed by atoms with Crippen molar-refractivity contribution in [1.82, 2.24) is 4.90 Å². The van der Waals surface area contributed by atoms with Crippen molar-refractivity contribution in [3.05, 3.63) is 59.2 Å². The zero-order valence-corrected chi connectivity index (χ0v) is 16.6. The lowest BCUT2D eigenvalue weighted by Gasteiger charge is -2.30. The Morgan fingerprint density at radius 2 is 1.90 bits per heavy atom. The Bertz CT molecular complexity index is 981. The van der Waals surface area contributed by atoms with Crippen LogP contribution in [0.15, 0.2) is 42.5 Å². The summed E-state index contributed by atoms with van der Waals surface area (Å²) in [7, 11) is 0. The molecule has 0 saturated heterocycles. The number of hydrogen-bond donors (Lipinski definition) is 1. The van der Waals surface area contributed by atoms with Gasteiger partial charge in [-0.15, -0.1) is 0 Å². The molecular weight excluding hydrogens is 368 g/mol. The van der Waals surface area contributed by atoms with Gasteiger partial charge < -0.3 is 19.7 Å². The molecule has 2 heterocycles. The van der Waals surface area contributed by atoms with E-state index in [1.54, 1.807) is 6.08 Å². The molecule has 0 aliphatic carbocycles. The maximum absolute atomic E-state index is 12.3. The van der Waals surface area contributed by atoms with E-state index in [2.05, 4.69) is 5.32 Å². The summed E-state index contributed by atoms with van der Waals surface area (Å²) < 4.78 is 10.6. The van der Waals surface area contributed by atoms with Crippen molar-refractivity contribution in [2.24, 2.45) is 5.92 Å². The number of nitrogens with one attached hydrogen (secondary N) is 1. The molecule has 0 spiro atoms. The van der Waals surface area contributed by atoms with Crippen LogP contribution < -0.4 is 14.8 Å². The second-order valence-electron chi connectivity index (χ2n) is 7.58. The number of benzene rings is 2. The molecule has 6 heteroatoms. The average molecular weight is 392 g/mol. The summed E-state index contributed by atoms with van der Waals surface area (Å²) in [6, 6.07) is 11.4. The van der Waals surface area contributed by atoms with Gasteiger partial charge in [-0.3, -0.25) is 9.59 Å². The van der Waals surface area contributed by atoms with Gasteiger partial charge in [-0.05, 0) is 53.5 Å². The lowest BCUT2D eigenvalue weighted by Crippen LogP contribution is -2.38. The first-order chi connectivity index (χ1) is 14.0.